The van der Waals surface area contributed by atoms with Gasteiger partial charge in [0.25, 0.3) is 0 Å². The lowest BCUT2D eigenvalue weighted by Gasteiger charge is -2.05. The third kappa shape index (κ3) is 2.09. The van der Waals surface area contributed by atoms with Crippen molar-refractivity contribution in [3.63, 3.8) is 0 Å². The molecule has 0 bridgehead atoms. The van der Waals surface area contributed by atoms with E-state index in [4.69, 9.17) is 0 Å². The smallest absolute Gasteiger partial charge is 0.167 e. The van der Waals surface area contributed by atoms with E-state index in [1.807, 2.05) is 38.2 Å². The van der Waals surface area contributed by atoms with Crippen molar-refractivity contribution in [1.29, 1.82) is 0 Å². The van der Waals surface area contributed by atoms with Gasteiger partial charge in [0.05, 0.1) is 11.2 Å². The van der Waals surface area contributed by atoms with Gasteiger partial charge in [-0.25, -0.2) is 4.52 Å². The zero-order valence-electron chi connectivity index (χ0n) is 10.8. The first-order valence-corrected chi connectivity index (χ1v) is 6.03. The predicted molar refractivity (Wildman–Crippen MR) is 68.4 cm³/mol. The van der Waals surface area contributed by atoms with Crippen molar-refractivity contribution in [3.05, 3.63) is 35.7 Å². The number of hydrogen-bond donors (Lipinski definition) is 0. The molecule has 2 aromatic heterocycles. The number of pyridine rings is 1. The van der Waals surface area contributed by atoms with Crippen LogP contribution >= 0.6 is 0 Å². The first-order valence-electron chi connectivity index (χ1n) is 6.03. The van der Waals surface area contributed by atoms with E-state index in [2.05, 4.69) is 18.9 Å². The maximum atomic E-state index is 12.1. The molecule has 3 nitrogen and oxygen atoms in total. The number of Topliss-reactive ketones (excluding diaryl/α,β-unsaturated/α-hetero) is 1. The zero-order valence-corrected chi connectivity index (χ0v) is 10.8. The molecule has 0 N–H and O–H groups in total. The van der Waals surface area contributed by atoms with Crippen LogP contribution in [0.25, 0.3) is 5.52 Å². The molecule has 0 spiro atoms. The molecule has 2 aromatic rings. The number of hydrogen-bond acceptors (Lipinski definition) is 2. The topological polar surface area (TPSA) is 34.4 Å². The van der Waals surface area contributed by atoms with Crippen molar-refractivity contribution in [2.75, 3.05) is 0 Å². The van der Waals surface area contributed by atoms with E-state index in [1.54, 1.807) is 4.52 Å². The molecule has 0 aromatic carbocycles. The summed E-state index contributed by atoms with van der Waals surface area (Å²) in [4.78, 5) is 12.1. The number of rotatable bonds is 3. The van der Waals surface area contributed by atoms with Crippen LogP contribution in [0, 0.1) is 5.92 Å². The number of ketones is 1. The van der Waals surface area contributed by atoms with Crippen LogP contribution in [-0.4, -0.2) is 15.4 Å². The van der Waals surface area contributed by atoms with Crippen LogP contribution in [0.3, 0.4) is 0 Å². The molecule has 0 fully saturated rings. The van der Waals surface area contributed by atoms with Gasteiger partial charge in [-0.2, -0.15) is 5.10 Å². The van der Waals surface area contributed by atoms with Gasteiger partial charge < -0.3 is 0 Å². The number of carbonyl (C=O) groups is 1. The lowest BCUT2D eigenvalue weighted by molar-refractivity contribution is 0.0940. The molecule has 0 aliphatic carbocycles. The third-order valence-corrected chi connectivity index (χ3v) is 2.90. The monoisotopic (exact) mass is 230 g/mol. The molecule has 0 radical (unpaired) electrons. The summed E-state index contributed by atoms with van der Waals surface area (Å²) in [5.41, 5.74) is 2.70. The molecule has 17 heavy (non-hydrogen) atoms. The summed E-state index contributed by atoms with van der Waals surface area (Å²) in [5.74, 6) is 0.557. The Kier molecular flexibility index (Phi) is 3.01. The van der Waals surface area contributed by atoms with Gasteiger partial charge in [-0.3, -0.25) is 4.79 Å². The van der Waals surface area contributed by atoms with Crippen molar-refractivity contribution >= 4 is 11.3 Å². The quantitative estimate of drug-likeness (QED) is 0.758. The van der Waals surface area contributed by atoms with Gasteiger partial charge in [-0.05, 0) is 24.1 Å². The molecule has 2 heterocycles. The summed E-state index contributed by atoms with van der Waals surface area (Å²) < 4.78 is 1.80. The third-order valence-electron chi connectivity index (χ3n) is 2.90. The van der Waals surface area contributed by atoms with E-state index >= 15 is 0 Å². The summed E-state index contributed by atoms with van der Waals surface area (Å²) in [5, 5.41) is 4.48. The van der Waals surface area contributed by atoms with Crippen molar-refractivity contribution in [2.45, 2.75) is 33.6 Å². The molecule has 0 unspecified atom stereocenters. The van der Waals surface area contributed by atoms with Gasteiger partial charge in [0.15, 0.2) is 5.78 Å². The molecule has 0 aliphatic rings. The summed E-state index contributed by atoms with van der Waals surface area (Å²) in [6.07, 6.45) is 1.89. The van der Waals surface area contributed by atoms with Crippen molar-refractivity contribution in [1.82, 2.24) is 9.61 Å². The van der Waals surface area contributed by atoms with Gasteiger partial charge in [0.1, 0.15) is 0 Å². The predicted octanol–water partition coefficient (Wildman–Crippen LogP) is 3.30. The minimum Gasteiger partial charge on any atom is -0.294 e. The fourth-order valence-corrected chi connectivity index (χ4v) is 1.84. The Bertz CT molecular complexity index is 552. The van der Waals surface area contributed by atoms with Gasteiger partial charge in [0, 0.05) is 17.7 Å². The molecule has 0 saturated carbocycles. The Hall–Kier alpha value is -1.64. The fourth-order valence-electron chi connectivity index (χ4n) is 1.84. The highest BCUT2D eigenvalue weighted by atomic mass is 16.1. The minimum absolute atomic E-state index is 0.0126. The second kappa shape index (κ2) is 4.32. The van der Waals surface area contributed by atoms with E-state index in [0.29, 0.717) is 5.92 Å². The van der Waals surface area contributed by atoms with Crippen LogP contribution in [0.2, 0.25) is 0 Å². The summed E-state index contributed by atoms with van der Waals surface area (Å²) in [6, 6.07) is 5.77. The molecule has 2 rings (SSSR count). The average Bonchev–Trinajstić information content (AvgIpc) is 2.71. The zero-order chi connectivity index (χ0) is 12.6. The second-order valence-electron chi connectivity index (χ2n) is 4.99. The molecule has 0 atom stereocenters. The number of aromatic nitrogens is 2. The minimum atomic E-state index is 0.0126. The van der Waals surface area contributed by atoms with Crippen LogP contribution in [0.1, 0.15) is 49.7 Å². The summed E-state index contributed by atoms with van der Waals surface area (Å²) in [6.45, 7) is 8.05. The maximum absolute atomic E-state index is 12.1. The molecular weight excluding hydrogens is 212 g/mol. The fraction of sp³-hybridized carbons (Fsp3) is 0.429. The normalized spacial score (nSPS) is 11.6. The van der Waals surface area contributed by atoms with Gasteiger partial charge >= 0.3 is 0 Å². The standard InChI is InChI=1S/C14H18N2O/c1-9(2)12-8-13-11(14(17)10(3)4)6-5-7-16(13)15-12/h5-10H,1-4H3. The average molecular weight is 230 g/mol. The Labute approximate surface area is 101 Å². The van der Waals surface area contributed by atoms with E-state index in [-0.39, 0.29) is 11.7 Å². The Morgan fingerprint density at radius 1 is 1.29 bits per heavy atom. The molecule has 0 amide bonds. The van der Waals surface area contributed by atoms with Crippen LogP contribution in [-0.2, 0) is 0 Å². The first kappa shape index (κ1) is 11.8. The van der Waals surface area contributed by atoms with E-state index in [1.165, 1.54) is 0 Å². The second-order valence-corrected chi connectivity index (χ2v) is 4.99. The number of fused-ring (bicyclic) bond motifs is 1. The Balaban J connectivity index is 2.61. The van der Waals surface area contributed by atoms with Crippen molar-refractivity contribution < 1.29 is 4.79 Å². The maximum Gasteiger partial charge on any atom is 0.167 e. The van der Waals surface area contributed by atoms with Gasteiger partial charge in [0.2, 0.25) is 0 Å². The highest BCUT2D eigenvalue weighted by molar-refractivity contribution is 6.03. The molecule has 0 aliphatic heterocycles. The summed E-state index contributed by atoms with van der Waals surface area (Å²) >= 11 is 0. The lowest BCUT2D eigenvalue weighted by Crippen LogP contribution is -2.08. The van der Waals surface area contributed by atoms with E-state index < -0.39 is 0 Å². The van der Waals surface area contributed by atoms with Crippen LogP contribution in [0.15, 0.2) is 24.4 Å². The molecule has 3 heteroatoms. The van der Waals surface area contributed by atoms with Crippen LogP contribution < -0.4 is 0 Å². The van der Waals surface area contributed by atoms with Gasteiger partial charge in [-0.15, -0.1) is 0 Å². The first-order chi connectivity index (χ1) is 8.00. The van der Waals surface area contributed by atoms with Gasteiger partial charge in [-0.1, -0.05) is 27.7 Å². The van der Waals surface area contributed by atoms with Crippen LogP contribution in [0.5, 0.6) is 0 Å². The largest absolute Gasteiger partial charge is 0.294 e. The highest BCUT2D eigenvalue weighted by Gasteiger charge is 2.16. The number of nitrogens with zero attached hydrogens (tertiary/aromatic N) is 2. The Morgan fingerprint density at radius 3 is 2.59 bits per heavy atom. The highest BCUT2D eigenvalue weighted by Crippen LogP contribution is 2.20. The van der Waals surface area contributed by atoms with Crippen LogP contribution in [0.4, 0.5) is 0 Å². The SMILES string of the molecule is CC(C)C(=O)c1cccn2nc(C(C)C)cc12. The van der Waals surface area contributed by atoms with E-state index in [0.717, 1.165) is 16.8 Å². The summed E-state index contributed by atoms with van der Waals surface area (Å²) in [7, 11) is 0. The van der Waals surface area contributed by atoms with E-state index in [9.17, 15) is 4.79 Å². The molecular formula is C14H18N2O. The number of carbonyl (C=O) groups excluding carboxylic acids is 1. The lowest BCUT2D eigenvalue weighted by atomic mass is 10.0. The Morgan fingerprint density at radius 2 is 2.00 bits per heavy atom. The molecule has 0 saturated heterocycles. The van der Waals surface area contributed by atoms with Crippen molar-refractivity contribution in [2.24, 2.45) is 5.92 Å². The van der Waals surface area contributed by atoms with Crippen molar-refractivity contribution in [3.8, 4) is 0 Å². The molecule has 90 valence electrons.